The van der Waals surface area contributed by atoms with Crippen LogP contribution in [0.15, 0.2) is 40.1 Å². The molecule has 1 aromatic carbocycles. The number of aliphatic imine (C=N–C) groups is 1. The largest absolute Gasteiger partial charge is 0.492 e. The summed E-state index contributed by atoms with van der Waals surface area (Å²) < 4.78 is 17.9. The second kappa shape index (κ2) is 7.28. The Hall–Kier alpha value is -0.980. The number of nitrogens with zero attached hydrogens (tertiary/aromatic N) is 1. The van der Waals surface area contributed by atoms with Gasteiger partial charge in [-0.15, -0.1) is 0 Å². The second-order valence-electron chi connectivity index (χ2n) is 6.73. The smallest absolute Gasteiger partial charge is 0.217 e. The first-order valence-electron chi connectivity index (χ1n) is 7.28. The van der Waals surface area contributed by atoms with E-state index >= 15 is 0 Å². The average Bonchev–Trinajstić information content (AvgIpc) is 2.40. The van der Waals surface area contributed by atoms with Crippen LogP contribution in [0.25, 0.3) is 0 Å². The highest BCUT2D eigenvalue weighted by molar-refractivity contribution is 9.10. The summed E-state index contributed by atoms with van der Waals surface area (Å²) in [4.78, 5) is 4.31. The fourth-order valence-electron chi connectivity index (χ4n) is 1.99. The molecule has 0 saturated carbocycles. The zero-order chi connectivity index (χ0) is 17.1. The third-order valence-corrected chi connectivity index (χ3v) is 4.33. The Labute approximate surface area is 148 Å². The molecule has 4 nitrogen and oxygen atoms in total. The Balaban J connectivity index is 2.07. The molecule has 0 unspecified atom stereocenters. The lowest BCUT2D eigenvalue weighted by Gasteiger charge is -2.37. The van der Waals surface area contributed by atoms with Crippen LogP contribution in [0.2, 0.25) is 0 Å². The van der Waals surface area contributed by atoms with Crippen molar-refractivity contribution >= 4 is 32.5 Å². The molecule has 0 atom stereocenters. The van der Waals surface area contributed by atoms with Crippen LogP contribution in [0, 0.1) is 5.41 Å². The molecule has 128 valence electrons. The molecule has 1 aliphatic heterocycles. The lowest BCUT2D eigenvalue weighted by molar-refractivity contribution is -0.120. The van der Waals surface area contributed by atoms with Crippen molar-refractivity contribution in [2.75, 3.05) is 38.6 Å². The molecule has 23 heavy (non-hydrogen) atoms. The van der Waals surface area contributed by atoms with Crippen LogP contribution in [0.1, 0.15) is 12.5 Å². The maximum atomic E-state index is 5.97. The van der Waals surface area contributed by atoms with E-state index < -0.39 is 10.3 Å². The van der Waals surface area contributed by atoms with Gasteiger partial charge in [0.05, 0.1) is 19.8 Å². The standard InChI is InChI=1S/C17H24BrNO3S/c1-13(22-23(3,4)5)19-9-14-8-15(18)6-7-16(14)21-12-17(2)10-20-11-17/h6-9H,1,10-12H2,2-5H3/b19-9+. The molecule has 1 heterocycles. The maximum Gasteiger partial charge on any atom is 0.217 e. The molecular weight excluding hydrogens is 378 g/mol. The van der Waals surface area contributed by atoms with E-state index in [1.54, 1.807) is 6.21 Å². The van der Waals surface area contributed by atoms with Gasteiger partial charge in [0.1, 0.15) is 5.75 Å². The number of rotatable bonds is 7. The quantitative estimate of drug-likeness (QED) is 0.502. The van der Waals surface area contributed by atoms with Crippen LogP contribution >= 0.6 is 26.2 Å². The normalized spacial score (nSPS) is 17.6. The number of ether oxygens (including phenoxy) is 2. The summed E-state index contributed by atoms with van der Waals surface area (Å²) in [6.45, 7) is 8.11. The van der Waals surface area contributed by atoms with Gasteiger partial charge >= 0.3 is 0 Å². The fraction of sp³-hybridized carbons (Fsp3) is 0.471. The summed E-state index contributed by atoms with van der Waals surface area (Å²) >= 11 is 3.48. The van der Waals surface area contributed by atoms with E-state index in [1.807, 2.05) is 37.0 Å². The molecule has 0 spiro atoms. The minimum Gasteiger partial charge on any atom is -0.492 e. The van der Waals surface area contributed by atoms with Gasteiger partial charge in [0.2, 0.25) is 5.88 Å². The highest BCUT2D eigenvalue weighted by Gasteiger charge is 2.34. The molecule has 1 aromatic rings. The summed E-state index contributed by atoms with van der Waals surface area (Å²) in [5.41, 5.74) is 0.987. The summed E-state index contributed by atoms with van der Waals surface area (Å²) in [5.74, 6) is 1.21. The Kier molecular flexibility index (Phi) is 5.81. The maximum absolute atomic E-state index is 5.97. The molecule has 0 aliphatic carbocycles. The Morgan fingerprint density at radius 3 is 2.70 bits per heavy atom. The number of hydrogen-bond donors (Lipinski definition) is 0. The molecule has 1 aliphatic rings. The summed E-state index contributed by atoms with van der Waals surface area (Å²) in [5, 5.41) is 0. The van der Waals surface area contributed by atoms with Crippen LogP contribution in [0.5, 0.6) is 5.75 Å². The predicted octanol–water partition coefficient (Wildman–Crippen LogP) is 4.38. The summed E-state index contributed by atoms with van der Waals surface area (Å²) in [6.07, 6.45) is 7.86. The predicted molar refractivity (Wildman–Crippen MR) is 102 cm³/mol. The number of halogens is 1. The van der Waals surface area contributed by atoms with Gasteiger partial charge in [-0.05, 0) is 43.5 Å². The van der Waals surface area contributed by atoms with Gasteiger partial charge in [-0.1, -0.05) is 33.2 Å². The minimum absolute atomic E-state index is 0.101. The molecule has 6 heteroatoms. The Bertz CT molecular complexity index is 606. The van der Waals surface area contributed by atoms with Crippen molar-refractivity contribution in [3.63, 3.8) is 0 Å². The van der Waals surface area contributed by atoms with E-state index in [9.17, 15) is 0 Å². The molecule has 1 fully saturated rings. The van der Waals surface area contributed by atoms with Crippen molar-refractivity contribution in [2.24, 2.45) is 10.4 Å². The van der Waals surface area contributed by atoms with E-state index in [-0.39, 0.29) is 5.41 Å². The zero-order valence-electron chi connectivity index (χ0n) is 14.1. The zero-order valence-corrected chi connectivity index (χ0v) is 16.5. The van der Waals surface area contributed by atoms with E-state index in [1.165, 1.54) is 0 Å². The van der Waals surface area contributed by atoms with Crippen LogP contribution in [0.3, 0.4) is 0 Å². The fourth-order valence-corrected chi connectivity index (χ4v) is 2.99. The first-order chi connectivity index (χ1) is 10.7. The molecule has 0 amide bonds. The van der Waals surface area contributed by atoms with Gasteiger partial charge in [-0.2, -0.15) is 0 Å². The Morgan fingerprint density at radius 1 is 1.43 bits per heavy atom. The third kappa shape index (κ3) is 5.86. The number of hydrogen-bond acceptors (Lipinski definition) is 4. The van der Waals surface area contributed by atoms with Crippen LogP contribution in [-0.4, -0.2) is 44.8 Å². The van der Waals surface area contributed by atoms with Crippen molar-refractivity contribution < 1.29 is 13.7 Å². The van der Waals surface area contributed by atoms with Gasteiger partial charge in [-0.25, -0.2) is 4.99 Å². The van der Waals surface area contributed by atoms with E-state index in [4.69, 9.17) is 13.7 Å². The van der Waals surface area contributed by atoms with Crippen LogP contribution < -0.4 is 4.74 Å². The molecule has 1 saturated heterocycles. The van der Waals surface area contributed by atoms with Gasteiger partial charge in [-0.3, -0.25) is 0 Å². The van der Waals surface area contributed by atoms with Gasteiger partial charge < -0.3 is 13.7 Å². The topological polar surface area (TPSA) is 40.0 Å². The lowest BCUT2D eigenvalue weighted by atomic mass is 9.90. The molecule has 2 rings (SSSR count). The van der Waals surface area contributed by atoms with Crippen molar-refractivity contribution in [3.8, 4) is 5.75 Å². The average molecular weight is 402 g/mol. The first-order valence-corrected chi connectivity index (χ1v) is 10.9. The molecule has 0 N–H and O–H groups in total. The highest BCUT2D eigenvalue weighted by atomic mass is 79.9. The molecule has 0 aromatic heterocycles. The SMILES string of the molecule is C=C(/N=C/c1cc(Br)ccc1OCC1(C)COC1)OS(C)(C)C. The lowest BCUT2D eigenvalue weighted by Crippen LogP contribution is -2.44. The van der Waals surface area contributed by atoms with Crippen molar-refractivity contribution in [3.05, 3.63) is 40.7 Å². The molecule has 0 bridgehead atoms. The molecular formula is C17H24BrNO3S. The monoisotopic (exact) mass is 401 g/mol. The summed E-state index contributed by atoms with van der Waals surface area (Å²) in [7, 11) is -1.14. The van der Waals surface area contributed by atoms with Crippen molar-refractivity contribution in [1.82, 2.24) is 0 Å². The third-order valence-electron chi connectivity index (χ3n) is 3.14. The number of benzene rings is 1. The van der Waals surface area contributed by atoms with Gasteiger partial charge in [0.25, 0.3) is 0 Å². The van der Waals surface area contributed by atoms with Crippen LogP contribution in [0.4, 0.5) is 0 Å². The van der Waals surface area contributed by atoms with E-state index in [2.05, 4.69) is 34.4 Å². The van der Waals surface area contributed by atoms with Gasteiger partial charge in [0, 0.05) is 21.7 Å². The van der Waals surface area contributed by atoms with Crippen molar-refractivity contribution in [2.45, 2.75) is 6.92 Å². The van der Waals surface area contributed by atoms with E-state index in [0.29, 0.717) is 12.5 Å². The Morgan fingerprint density at radius 2 is 2.13 bits per heavy atom. The summed E-state index contributed by atoms with van der Waals surface area (Å²) in [6, 6.07) is 5.86. The van der Waals surface area contributed by atoms with Crippen molar-refractivity contribution in [1.29, 1.82) is 0 Å². The molecule has 0 radical (unpaired) electrons. The highest BCUT2D eigenvalue weighted by Crippen LogP contribution is 2.38. The second-order valence-corrected chi connectivity index (χ2v) is 11.3. The first kappa shape index (κ1) is 18.4. The van der Waals surface area contributed by atoms with Gasteiger partial charge in [0.15, 0.2) is 0 Å². The van der Waals surface area contributed by atoms with Crippen LogP contribution in [-0.2, 0) is 8.92 Å². The van der Waals surface area contributed by atoms with E-state index in [0.717, 1.165) is 29.0 Å². The minimum atomic E-state index is -1.14.